The predicted molar refractivity (Wildman–Crippen MR) is 72.8 cm³/mol. The van der Waals surface area contributed by atoms with Crippen LogP contribution in [0.2, 0.25) is 0 Å². The van der Waals surface area contributed by atoms with Gasteiger partial charge in [0, 0.05) is 17.5 Å². The van der Waals surface area contributed by atoms with E-state index in [-0.39, 0.29) is 11.3 Å². The van der Waals surface area contributed by atoms with Crippen LogP contribution in [-0.4, -0.2) is 34.3 Å². The molecular weight excluding hydrogens is 224 g/mol. The number of ketones is 1. The normalized spacial score (nSPS) is 19.7. The van der Waals surface area contributed by atoms with Gasteiger partial charge in [-0.1, -0.05) is 6.92 Å². The first-order valence-corrected chi connectivity index (χ1v) is 6.80. The van der Waals surface area contributed by atoms with Crippen molar-refractivity contribution < 1.29 is 4.79 Å². The number of Topliss-reactive ketones (excluding diaryl/α,β-unsaturated/α-hetero) is 1. The molecule has 2 heterocycles. The molecule has 98 valence electrons. The van der Waals surface area contributed by atoms with Crippen LogP contribution in [-0.2, 0) is 0 Å². The number of hydrogen-bond donors (Lipinski definition) is 0. The van der Waals surface area contributed by atoms with Gasteiger partial charge < -0.3 is 0 Å². The van der Waals surface area contributed by atoms with Crippen LogP contribution in [0.3, 0.4) is 0 Å². The Labute approximate surface area is 109 Å². The average Bonchev–Trinajstić information content (AvgIpc) is 2.92. The summed E-state index contributed by atoms with van der Waals surface area (Å²) >= 11 is 0. The third kappa shape index (κ3) is 2.32. The van der Waals surface area contributed by atoms with Crippen LogP contribution < -0.4 is 0 Å². The molecule has 3 heteroatoms. The smallest absolute Gasteiger partial charge is 0.184 e. The molecule has 0 aliphatic carbocycles. The molecule has 0 spiro atoms. The SMILES string of the molecule is CCC(C)(C(=O)c1ccc(C)nc1)N1CCCC1. The molecule has 1 fully saturated rings. The molecule has 0 N–H and O–H groups in total. The van der Waals surface area contributed by atoms with Crippen LogP contribution in [0.1, 0.15) is 49.2 Å². The number of pyridine rings is 1. The monoisotopic (exact) mass is 246 g/mol. The van der Waals surface area contributed by atoms with Gasteiger partial charge in [0.05, 0.1) is 5.54 Å². The molecule has 1 atom stereocenters. The minimum Gasteiger partial charge on any atom is -0.292 e. The molecule has 0 radical (unpaired) electrons. The number of carbonyl (C=O) groups excluding carboxylic acids is 1. The van der Waals surface area contributed by atoms with Crippen molar-refractivity contribution in [2.75, 3.05) is 13.1 Å². The Morgan fingerprint density at radius 1 is 1.39 bits per heavy atom. The standard InChI is InChI=1S/C15H22N2O/c1-4-15(3,17-9-5-6-10-17)14(18)13-8-7-12(2)16-11-13/h7-8,11H,4-6,9-10H2,1-3H3. The Morgan fingerprint density at radius 3 is 2.56 bits per heavy atom. The zero-order valence-corrected chi connectivity index (χ0v) is 11.6. The lowest BCUT2D eigenvalue weighted by Crippen LogP contribution is -2.50. The summed E-state index contributed by atoms with van der Waals surface area (Å²) in [5.41, 5.74) is 1.32. The first-order chi connectivity index (χ1) is 8.58. The van der Waals surface area contributed by atoms with E-state index in [9.17, 15) is 4.79 Å². The molecule has 0 aromatic carbocycles. The number of likely N-dealkylation sites (tertiary alicyclic amines) is 1. The van der Waals surface area contributed by atoms with E-state index in [0.29, 0.717) is 0 Å². The van der Waals surface area contributed by atoms with Crippen molar-refractivity contribution in [2.45, 2.75) is 45.6 Å². The van der Waals surface area contributed by atoms with Crippen molar-refractivity contribution >= 4 is 5.78 Å². The fourth-order valence-corrected chi connectivity index (χ4v) is 2.65. The summed E-state index contributed by atoms with van der Waals surface area (Å²) in [5, 5.41) is 0. The highest BCUT2D eigenvalue weighted by Crippen LogP contribution is 2.28. The summed E-state index contributed by atoms with van der Waals surface area (Å²) in [6, 6.07) is 3.81. The summed E-state index contributed by atoms with van der Waals surface area (Å²) < 4.78 is 0. The molecule has 18 heavy (non-hydrogen) atoms. The van der Waals surface area contributed by atoms with Crippen molar-refractivity contribution in [1.82, 2.24) is 9.88 Å². The molecule has 0 saturated carbocycles. The van der Waals surface area contributed by atoms with Crippen molar-refractivity contribution in [2.24, 2.45) is 0 Å². The van der Waals surface area contributed by atoms with Gasteiger partial charge in [0.1, 0.15) is 0 Å². The van der Waals surface area contributed by atoms with Crippen LogP contribution >= 0.6 is 0 Å². The molecule has 1 aromatic heterocycles. The number of aryl methyl sites for hydroxylation is 1. The van der Waals surface area contributed by atoms with Crippen molar-refractivity contribution in [3.63, 3.8) is 0 Å². The highest BCUT2D eigenvalue weighted by atomic mass is 16.1. The second-order valence-corrected chi connectivity index (χ2v) is 5.34. The summed E-state index contributed by atoms with van der Waals surface area (Å²) in [6.45, 7) is 8.18. The lowest BCUT2D eigenvalue weighted by molar-refractivity contribution is 0.0647. The van der Waals surface area contributed by atoms with Gasteiger partial charge in [-0.05, 0) is 58.3 Å². The van der Waals surface area contributed by atoms with Crippen molar-refractivity contribution in [1.29, 1.82) is 0 Å². The number of nitrogens with zero attached hydrogens (tertiary/aromatic N) is 2. The van der Waals surface area contributed by atoms with Gasteiger partial charge in [-0.2, -0.15) is 0 Å². The van der Waals surface area contributed by atoms with Gasteiger partial charge >= 0.3 is 0 Å². The third-order valence-corrected chi connectivity index (χ3v) is 4.16. The fraction of sp³-hybridized carbons (Fsp3) is 0.600. The summed E-state index contributed by atoms with van der Waals surface area (Å²) in [4.78, 5) is 19.3. The highest BCUT2D eigenvalue weighted by molar-refractivity contribution is 6.02. The number of carbonyl (C=O) groups is 1. The third-order valence-electron chi connectivity index (χ3n) is 4.16. The van der Waals surface area contributed by atoms with Crippen LogP contribution in [0.15, 0.2) is 18.3 Å². The van der Waals surface area contributed by atoms with Crippen LogP contribution in [0.25, 0.3) is 0 Å². The van der Waals surface area contributed by atoms with E-state index < -0.39 is 0 Å². The van der Waals surface area contributed by atoms with E-state index in [4.69, 9.17) is 0 Å². The second kappa shape index (κ2) is 5.19. The number of hydrogen-bond acceptors (Lipinski definition) is 3. The lowest BCUT2D eigenvalue weighted by atomic mass is 9.87. The Hall–Kier alpha value is -1.22. The summed E-state index contributed by atoms with van der Waals surface area (Å²) in [6.07, 6.45) is 4.96. The molecule has 1 aromatic rings. The fourth-order valence-electron chi connectivity index (χ4n) is 2.65. The molecule has 1 aliphatic heterocycles. The maximum atomic E-state index is 12.7. The average molecular weight is 246 g/mol. The quantitative estimate of drug-likeness (QED) is 0.766. The van der Waals surface area contributed by atoms with Crippen LogP contribution in [0, 0.1) is 6.92 Å². The molecule has 3 nitrogen and oxygen atoms in total. The Kier molecular flexibility index (Phi) is 3.81. The van der Waals surface area contributed by atoms with E-state index >= 15 is 0 Å². The Morgan fingerprint density at radius 2 is 2.06 bits per heavy atom. The maximum absolute atomic E-state index is 12.7. The van der Waals surface area contributed by atoms with Gasteiger partial charge in [0.15, 0.2) is 5.78 Å². The molecule has 0 amide bonds. The Balaban J connectivity index is 2.26. The first kappa shape index (κ1) is 13.2. The minimum atomic E-state index is -0.368. The van der Waals surface area contributed by atoms with Crippen LogP contribution in [0.5, 0.6) is 0 Å². The van der Waals surface area contributed by atoms with E-state index in [0.717, 1.165) is 30.8 Å². The topological polar surface area (TPSA) is 33.2 Å². The van der Waals surface area contributed by atoms with Gasteiger partial charge in [-0.15, -0.1) is 0 Å². The zero-order valence-electron chi connectivity index (χ0n) is 11.6. The second-order valence-electron chi connectivity index (χ2n) is 5.34. The molecule has 2 rings (SSSR count). The van der Waals surface area contributed by atoms with E-state index in [2.05, 4.69) is 23.7 Å². The largest absolute Gasteiger partial charge is 0.292 e. The molecule has 1 unspecified atom stereocenters. The van der Waals surface area contributed by atoms with Gasteiger partial charge in [0.25, 0.3) is 0 Å². The highest BCUT2D eigenvalue weighted by Gasteiger charge is 2.39. The van der Waals surface area contributed by atoms with Crippen LogP contribution in [0.4, 0.5) is 0 Å². The first-order valence-electron chi connectivity index (χ1n) is 6.80. The van der Waals surface area contributed by atoms with Crippen molar-refractivity contribution in [3.8, 4) is 0 Å². The Bertz CT molecular complexity index is 421. The maximum Gasteiger partial charge on any atom is 0.184 e. The van der Waals surface area contributed by atoms with Gasteiger partial charge in [-0.25, -0.2) is 0 Å². The zero-order chi connectivity index (χ0) is 13.2. The molecule has 1 saturated heterocycles. The minimum absolute atomic E-state index is 0.208. The number of rotatable bonds is 4. The van der Waals surface area contributed by atoms with Gasteiger partial charge in [0.2, 0.25) is 0 Å². The summed E-state index contributed by atoms with van der Waals surface area (Å²) in [5.74, 6) is 0.208. The number of aromatic nitrogens is 1. The van der Waals surface area contributed by atoms with Crippen molar-refractivity contribution in [3.05, 3.63) is 29.6 Å². The molecule has 0 bridgehead atoms. The molecule has 1 aliphatic rings. The van der Waals surface area contributed by atoms with E-state index in [1.54, 1.807) is 6.20 Å². The predicted octanol–water partition coefficient (Wildman–Crippen LogP) is 2.84. The van der Waals surface area contributed by atoms with E-state index in [1.807, 2.05) is 19.1 Å². The summed E-state index contributed by atoms with van der Waals surface area (Å²) in [7, 11) is 0. The molecular formula is C15H22N2O. The van der Waals surface area contributed by atoms with Gasteiger partial charge in [-0.3, -0.25) is 14.7 Å². The van der Waals surface area contributed by atoms with E-state index in [1.165, 1.54) is 12.8 Å². The lowest BCUT2D eigenvalue weighted by Gasteiger charge is -2.36.